The summed E-state index contributed by atoms with van der Waals surface area (Å²) in [5, 5.41) is 0. The number of cyclic esters (lactones) is 2. The Hall–Kier alpha value is -1.97. The molecule has 3 nitrogen and oxygen atoms in total. The number of esters is 2. The van der Waals surface area contributed by atoms with Crippen molar-refractivity contribution in [1.82, 2.24) is 0 Å². The first-order valence-corrected chi connectivity index (χ1v) is 5.31. The molecule has 4 heteroatoms. The largest absolute Gasteiger partial charge is 0.393 e. The molecule has 1 aromatic rings. The van der Waals surface area contributed by atoms with Gasteiger partial charge < -0.3 is 4.74 Å². The van der Waals surface area contributed by atoms with Gasteiger partial charge in [0, 0.05) is 0 Å². The Morgan fingerprint density at radius 2 is 1.71 bits per heavy atom. The Kier molecular flexibility index (Phi) is 3.32. The molecule has 0 spiro atoms. The van der Waals surface area contributed by atoms with Crippen molar-refractivity contribution in [3.8, 4) is 0 Å². The number of benzene rings is 1. The minimum absolute atomic E-state index is 0.131. The molecule has 0 atom stereocenters. The molecular formula is C13H11FO3. The lowest BCUT2D eigenvalue weighted by atomic mass is 9.98. The highest BCUT2D eigenvalue weighted by atomic mass is 19.1. The molecule has 1 aliphatic heterocycles. The van der Waals surface area contributed by atoms with E-state index in [0.717, 1.165) is 5.56 Å². The average Bonchev–Trinajstić information content (AvgIpc) is 2.27. The lowest BCUT2D eigenvalue weighted by Crippen LogP contribution is -2.24. The van der Waals surface area contributed by atoms with Gasteiger partial charge >= 0.3 is 11.9 Å². The number of hydrogen-bond acceptors (Lipinski definition) is 3. The number of allylic oxidation sites excluding steroid dienone is 1. The predicted octanol–water partition coefficient (Wildman–Crippen LogP) is 2.32. The Balaban J connectivity index is 2.02. The van der Waals surface area contributed by atoms with E-state index in [0.29, 0.717) is 0 Å². The van der Waals surface area contributed by atoms with E-state index < -0.39 is 11.9 Å². The molecular weight excluding hydrogens is 223 g/mol. The van der Waals surface area contributed by atoms with Gasteiger partial charge in [-0.2, -0.15) is 0 Å². The van der Waals surface area contributed by atoms with Gasteiger partial charge in [0.2, 0.25) is 0 Å². The van der Waals surface area contributed by atoms with Crippen molar-refractivity contribution in [3.05, 3.63) is 41.7 Å². The Morgan fingerprint density at radius 1 is 1.12 bits per heavy atom. The first kappa shape index (κ1) is 11.5. The van der Waals surface area contributed by atoms with Gasteiger partial charge in [0.25, 0.3) is 0 Å². The van der Waals surface area contributed by atoms with Gasteiger partial charge in [-0.05, 0) is 23.6 Å². The summed E-state index contributed by atoms with van der Waals surface area (Å²) in [5.41, 5.74) is 0.831. The monoisotopic (exact) mass is 234 g/mol. The molecule has 1 fully saturated rings. The van der Waals surface area contributed by atoms with E-state index >= 15 is 0 Å². The molecule has 0 aromatic heterocycles. The summed E-state index contributed by atoms with van der Waals surface area (Å²) in [4.78, 5) is 22.0. The van der Waals surface area contributed by atoms with Crippen LogP contribution in [-0.4, -0.2) is 11.9 Å². The standard InChI is InChI=1S/C13H11FO3/c14-11-5-3-9(4-6-11)1-2-10-7-12(15)17-13(16)8-10/h1-6,10H,7-8H2/b2-1+. The van der Waals surface area contributed by atoms with E-state index in [9.17, 15) is 14.0 Å². The van der Waals surface area contributed by atoms with Crippen molar-refractivity contribution in [1.29, 1.82) is 0 Å². The number of halogens is 1. The summed E-state index contributed by atoms with van der Waals surface area (Å²) in [6.07, 6.45) is 3.98. The molecule has 1 aromatic carbocycles. The number of carbonyl (C=O) groups is 2. The fourth-order valence-corrected chi connectivity index (χ4v) is 1.67. The van der Waals surface area contributed by atoms with Crippen LogP contribution in [-0.2, 0) is 14.3 Å². The lowest BCUT2D eigenvalue weighted by Gasteiger charge is -2.15. The van der Waals surface area contributed by atoms with Crippen molar-refractivity contribution >= 4 is 18.0 Å². The van der Waals surface area contributed by atoms with Crippen molar-refractivity contribution in [3.63, 3.8) is 0 Å². The molecule has 0 saturated carbocycles. The van der Waals surface area contributed by atoms with Crippen LogP contribution >= 0.6 is 0 Å². The maximum atomic E-state index is 12.7. The third kappa shape index (κ3) is 3.24. The topological polar surface area (TPSA) is 43.4 Å². The van der Waals surface area contributed by atoms with Gasteiger partial charge in [-0.15, -0.1) is 0 Å². The second-order valence-corrected chi connectivity index (χ2v) is 3.93. The van der Waals surface area contributed by atoms with Crippen LogP contribution in [0.4, 0.5) is 4.39 Å². The number of rotatable bonds is 2. The van der Waals surface area contributed by atoms with Crippen LogP contribution in [0.25, 0.3) is 6.08 Å². The molecule has 0 bridgehead atoms. The van der Waals surface area contributed by atoms with Gasteiger partial charge in [-0.1, -0.05) is 24.3 Å². The first-order valence-electron chi connectivity index (χ1n) is 5.31. The zero-order chi connectivity index (χ0) is 12.3. The van der Waals surface area contributed by atoms with Crippen LogP contribution in [0.2, 0.25) is 0 Å². The Labute approximate surface area is 97.9 Å². The second kappa shape index (κ2) is 4.91. The van der Waals surface area contributed by atoms with E-state index in [1.54, 1.807) is 24.3 Å². The van der Waals surface area contributed by atoms with Crippen LogP contribution in [0.5, 0.6) is 0 Å². The minimum atomic E-state index is -0.491. The molecule has 0 radical (unpaired) electrons. The summed E-state index contributed by atoms with van der Waals surface area (Å²) in [6.45, 7) is 0. The number of hydrogen-bond donors (Lipinski definition) is 0. The minimum Gasteiger partial charge on any atom is -0.393 e. The number of carbonyl (C=O) groups excluding carboxylic acids is 2. The third-order valence-corrected chi connectivity index (χ3v) is 2.52. The molecule has 1 saturated heterocycles. The fraction of sp³-hybridized carbons (Fsp3) is 0.231. The van der Waals surface area contributed by atoms with Crippen LogP contribution in [0.1, 0.15) is 18.4 Å². The molecule has 0 unspecified atom stereocenters. The van der Waals surface area contributed by atoms with Crippen molar-refractivity contribution < 1.29 is 18.7 Å². The summed E-state index contributed by atoms with van der Waals surface area (Å²) in [5.74, 6) is -1.41. The maximum absolute atomic E-state index is 12.7. The Bertz CT molecular complexity index is 446. The van der Waals surface area contributed by atoms with E-state index in [2.05, 4.69) is 4.74 Å². The molecule has 0 aliphatic carbocycles. The van der Waals surface area contributed by atoms with E-state index in [1.807, 2.05) is 0 Å². The normalized spacial score (nSPS) is 17.5. The molecule has 0 N–H and O–H groups in total. The summed E-state index contributed by atoms with van der Waals surface area (Å²) < 4.78 is 17.1. The van der Waals surface area contributed by atoms with E-state index in [4.69, 9.17) is 0 Å². The molecule has 1 heterocycles. The fourth-order valence-electron chi connectivity index (χ4n) is 1.67. The van der Waals surface area contributed by atoms with Crippen LogP contribution in [0.15, 0.2) is 30.3 Å². The van der Waals surface area contributed by atoms with Gasteiger partial charge in [-0.25, -0.2) is 4.39 Å². The van der Waals surface area contributed by atoms with E-state index in [-0.39, 0.29) is 24.6 Å². The zero-order valence-corrected chi connectivity index (χ0v) is 9.06. The molecule has 88 valence electrons. The van der Waals surface area contributed by atoms with Gasteiger partial charge in [0.1, 0.15) is 5.82 Å². The SMILES string of the molecule is O=C1CC(/C=C/c2ccc(F)cc2)CC(=O)O1. The predicted molar refractivity (Wildman–Crippen MR) is 59.3 cm³/mol. The van der Waals surface area contributed by atoms with Crippen molar-refractivity contribution in [2.75, 3.05) is 0 Å². The van der Waals surface area contributed by atoms with Crippen LogP contribution in [0.3, 0.4) is 0 Å². The highest BCUT2D eigenvalue weighted by molar-refractivity contribution is 5.88. The van der Waals surface area contributed by atoms with Crippen LogP contribution in [0, 0.1) is 11.7 Å². The zero-order valence-electron chi connectivity index (χ0n) is 9.06. The first-order chi connectivity index (χ1) is 8.13. The Morgan fingerprint density at radius 3 is 2.29 bits per heavy atom. The molecule has 1 aliphatic rings. The maximum Gasteiger partial charge on any atom is 0.314 e. The quantitative estimate of drug-likeness (QED) is 0.582. The van der Waals surface area contributed by atoms with Gasteiger partial charge in [0.15, 0.2) is 0 Å². The smallest absolute Gasteiger partial charge is 0.314 e. The summed E-state index contributed by atoms with van der Waals surface area (Å²) in [7, 11) is 0. The van der Waals surface area contributed by atoms with Gasteiger partial charge in [-0.3, -0.25) is 9.59 Å². The van der Waals surface area contributed by atoms with Crippen LogP contribution < -0.4 is 0 Å². The van der Waals surface area contributed by atoms with Crippen molar-refractivity contribution in [2.45, 2.75) is 12.8 Å². The highest BCUT2D eigenvalue weighted by Gasteiger charge is 2.24. The summed E-state index contributed by atoms with van der Waals surface area (Å²) in [6, 6.07) is 5.99. The average molecular weight is 234 g/mol. The molecule has 17 heavy (non-hydrogen) atoms. The van der Waals surface area contributed by atoms with Crippen molar-refractivity contribution in [2.24, 2.45) is 5.92 Å². The molecule has 0 amide bonds. The number of ether oxygens (including phenoxy) is 1. The molecule has 2 rings (SSSR count). The highest BCUT2D eigenvalue weighted by Crippen LogP contribution is 2.19. The van der Waals surface area contributed by atoms with Gasteiger partial charge in [0.05, 0.1) is 12.8 Å². The third-order valence-electron chi connectivity index (χ3n) is 2.52. The van der Waals surface area contributed by atoms with E-state index in [1.165, 1.54) is 12.1 Å². The second-order valence-electron chi connectivity index (χ2n) is 3.93. The summed E-state index contributed by atoms with van der Waals surface area (Å²) >= 11 is 0. The lowest BCUT2D eigenvalue weighted by molar-refractivity contribution is -0.164.